The summed E-state index contributed by atoms with van der Waals surface area (Å²) in [4.78, 5) is 17.9. The van der Waals surface area contributed by atoms with Crippen molar-refractivity contribution in [3.8, 4) is 0 Å². The number of nitrogens with zero attached hydrogens (tertiary/aromatic N) is 3. The molecule has 28 heavy (non-hydrogen) atoms. The van der Waals surface area contributed by atoms with Gasteiger partial charge in [-0.2, -0.15) is 0 Å². The van der Waals surface area contributed by atoms with Gasteiger partial charge in [-0.25, -0.2) is 5.01 Å². The molecule has 1 atom stereocenters. The van der Waals surface area contributed by atoms with Gasteiger partial charge in [-0.05, 0) is 29.5 Å². The van der Waals surface area contributed by atoms with Crippen LogP contribution < -0.4 is 15.9 Å². The van der Waals surface area contributed by atoms with Crippen molar-refractivity contribution in [3.63, 3.8) is 0 Å². The van der Waals surface area contributed by atoms with Crippen LogP contribution >= 0.6 is 11.8 Å². The summed E-state index contributed by atoms with van der Waals surface area (Å²) >= 11 is 1.56. The molecule has 0 radical (unpaired) electrons. The fourth-order valence-electron chi connectivity index (χ4n) is 3.36. The molecule has 2 aliphatic heterocycles. The van der Waals surface area contributed by atoms with Crippen molar-refractivity contribution in [2.24, 2.45) is 10.1 Å². The van der Waals surface area contributed by atoms with Crippen LogP contribution in [0.15, 0.2) is 58.6 Å². The Balaban J connectivity index is 1.84. The minimum Gasteiger partial charge on any atom is -0.298 e. The zero-order valence-electron chi connectivity index (χ0n) is 16.3. The molecule has 2 aliphatic rings. The maximum atomic E-state index is 13.0. The number of carbonyl (C=O) groups is 1. The van der Waals surface area contributed by atoms with Crippen LogP contribution in [0.1, 0.15) is 50.4 Å². The maximum absolute atomic E-state index is 13.0. The molecule has 0 spiro atoms. The molecule has 1 amide bonds. The van der Waals surface area contributed by atoms with E-state index in [1.807, 2.05) is 24.3 Å². The van der Waals surface area contributed by atoms with Crippen molar-refractivity contribution in [1.29, 1.82) is 0 Å². The third-order valence-corrected chi connectivity index (χ3v) is 5.93. The van der Waals surface area contributed by atoms with Crippen LogP contribution in [0.2, 0.25) is 0 Å². The minimum atomic E-state index is -0.352. The Bertz CT molecular complexity index is 1040. The average Bonchev–Trinajstić information content (AvgIpc) is 2.71. The molecule has 2 aromatic carbocycles. The number of amides is 1. The molecule has 144 valence electrons. The molecule has 1 N–H and O–H groups in total. The van der Waals surface area contributed by atoms with Crippen molar-refractivity contribution in [2.45, 2.75) is 39.3 Å². The molecule has 0 saturated heterocycles. The topological polar surface area (TPSA) is 57.1 Å². The average molecular weight is 393 g/mol. The summed E-state index contributed by atoms with van der Waals surface area (Å²) in [7, 11) is 0. The molecule has 2 heterocycles. The number of rotatable bonds is 4. The molecule has 0 fully saturated rings. The van der Waals surface area contributed by atoms with Gasteiger partial charge in [0.05, 0.1) is 5.36 Å². The molecular formula is C22H24N4OS. The SMILES string of the molecule is CCCSC1=NN2C(=c3ccccc3=N[C@@H]2c2ccc(C(C)C)cc2)C(=O)N1. The zero-order valence-corrected chi connectivity index (χ0v) is 17.2. The molecule has 0 aromatic heterocycles. The summed E-state index contributed by atoms with van der Waals surface area (Å²) in [5.74, 6) is 1.25. The fraction of sp³-hybridized carbons (Fsp3) is 0.318. The van der Waals surface area contributed by atoms with Crippen molar-refractivity contribution < 1.29 is 4.79 Å². The van der Waals surface area contributed by atoms with E-state index in [1.54, 1.807) is 16.8 Å². The van der Waals surface area contributed by atoms with Gasteiger partial charge < -0.3 is 0 Å². The lowest BCUT2D eigenvalue weighted by Crippen LogP contribution is -2.50. The summed E-state index contributed by atoms with van der Waals surface area (Å²) in [5, 5.41) is 11.8. The van der Waals surface area contributed by atoms with Gasteiger partial charge in [0.25, 0.3) is 5.91 Å². The molecule has 0 aliphatic carbocycles. The van der Waals surface area contributed by atoms with E-state index < -0.39 is 0 Å². The van der Waals surface area contributed by atoms with Gasteiger partial charge in [-0.15, -0.1) is 5.10 Å². The van der Waals surface area contributed by atoms with Crippen molar-refractivity contribution >= 4 is 28.5 Å². The van der Waals surface area contributed by atoms with Crippen molar-refractivity contribution in [2.75, 3.05) is 5.75 Å². The van der Waals surface area contributed by atoms with Crippen LogP contribution in [0.4, 0.5) is 0 Å². The van der Waals surface area contributed by atoms with Gasteiger partial charge >= 0.3 is 0 Å². The van der Waals surface area contributed by atoms with Crippen LogP contribution in [0.5, 0.6) is 0 Å². The summed E-state index contributed by atoms with van der Waals surface area (Å²) in [5.41, 5.74) is 2.86. The highest BCUT2D eigenvalue weighted by atomic mass is 32.2. The Kier molecular flexibility index (Phi) is 5.22. The van der Waals surface area contributed by atoms with Crippen LogP contribution in [0.3, 0.4) is 0 Å². The van der Waals surface area contributed by atoms with Crippen LogP contribution in [-0.4, -0.2) is 21.8 Å². The van der Waals surface area contributed by atoms with E-state index in [1.165, 1.54) is 5.56 Å². The first kappa shape index (κ1) is 18.7. The Morgan fingerprint density at radius 3 is 2.61 bits per heavy atom. The van der Waals surface area contributed by atoms with E-state index in [0.717, 1.165) is 28.3 Å². The predicted molar refractivity (Wildman–Crippen MR) is 114 cm³/mol. The van der Waals surface area contributed by atoms with Crippen molar-refractivity contribution in [1.82, 2.24) is 10.3 Å². The van der Waals surface area contributed by atoms with E-state index in [9.17, 15) is 4.79 Å². The van der Waals surface area contributed by atoms with Crippen LogP contribution in [-0.2, 0) is 4.79 Å². The van der Waals surface area contributed by atoms with Gasteiger partial charge in [0.2, 0.25) is 0 Å². The largest absolute Gasteiger partial charge is 0.298 e. The first-order chi connectivity index (χ1) is 13.6. The summed E-state index contributed by atoms with van der Waals surface area (Å²) in [6.07, 6.45) is 0.665. The number of hydrogen-bond acceptors (Lipinski definition) is 5. The van der Waals surface area contributed by atoms with Gasteiger partial charge in [0.1, 0.15) is 5.70 Å². The lowest BCUT2D eigenvalue weighted by Gasteiger charge is -2.34. The molecule has 5 nitrogen and oxygen atoms in total. The van der Waals surface area contributed by atoms with E-state index in [0.29, 0.717) is 16.8 Å². The molecular weight excluding hydrogens is 368 g/mol. The van der Waals surface area contributed by atoms with Gasteiger partial charge in [-0.3, -0.25) is 15.1 Å². The number of amidine groups is 1. The third kappa shape index (κ3) is 3.44. The number of hydrogen-bond donors (Lipinski definition) is 1. The Hall–Kier alpha value is -2.60. The number of benzene rings is 2. The molecule has 0 saturated carbocycles. The highest BCUT2D eigenvalue weighted by Crippen LogP contribution is 2.31. The molecule has 0 unspecified atom stereocenters. The lowest BCUT2D eigenvalue weighted by atomic mass is 10.0. The normalized spacial score (nSPS) is 18.2. The maximum Gasteiger partial charge on any atom is 0.276 e. The monoisotopic (exact) mass is 392 g/mol. The zero-order chi connectivity index (χ0) is 19.7. The smallest absolute Gasteiger partial charge is 0.276 e. The number of carbonyl (C=O) groups excluding carboxylic acids is 1. The van der Waals surface area contributed by atoms with E-state index >= 15 is 0 Å². The molecule has 6 heteroatoms. The minimum absolute atomic E-state index is 0.125. The number of fused-ring (bicyclic) bond motifs is 2. The van der Waals surface area contributed by atoms with E-state index in [2.05, 4.69) is 50.4 Å². The Morgan fingerprint density at radius 1 is 1.14 bits per heavy atom. The lowest BCUT2D eigenvalue weighted by molar-refractivity contribution is -0.116. The summed E-state index contributed by atoms with van der Waals surface area (Å²) < 4.78 is 0. The van der Waals surface area contributed by atoms with Gasteiger partial charge in [0, 0.05) is 11.0 Å². The molecule has 4 rings (SSSR count). The molecule has 0 bridgehead atoms. The third-order valence-electron chi connectivity index (χ3n) is 4.86. The number of para-hydroxylation sites is 1. The standard InChI is InChI=1S/C22H24N4OS/c1-4-13-28-22-24-21(27)19-17-7-5-6-8-18(17)23-20(26(19)25-22)16-11-9-15(10-12-16)14(2)3/h5-12,14,20H,4,13H2,1-3H3,(H,24,25,27)/t20-/m0/s1. The second-order valence-electron chi connectivity index (χ2n) is 7.24. The second-order valence-corrected chi connectivity index (χ2v) is 8.33. The van der Waals surface area contributed by atoms with E-state index in [4.69, 9.17) is 10.1 Å². The first-order valence-electron chi connectivity index (χ1n) is 9.67. The first-order valence-corrected chi connectivity index (χ1v) is 10.7. The second kappa shape index (κ2) is 7.80. The Morgan fingerprint density at radius 2 is 1.89 bits per heavy atom. The molecule has 2 aromatic rings. The highest BCUT2D eigenvalue weighted by Gasteiger charge is 2.34. The quantitative estimate of drug-likeness (QED) is 0.870. The van der Waals surface area contributed by atoms with Gasteiger partial charge in [-0.1, -0.05) is 75.0 Å². The van der Waals surface area contributed by atoms with Crippen molar-refractivity contribution in [3.05, 3.63) is 70.2 Å². The van der Waals surface area contributed by atoms with Gasteiger partial charge in [0.15, 0.2) is 11.3 Å². The predicted octanol–water partition coefficient (Wildman–Crippen LogP) is 3.10. The number of hydrazone groups is 1. The number of nitrogens with one attached hydrogen (secondary N) is 1. The highest BCUT2D eigenvalue weighted by molar-refractivity contribution is 8.13. The van der Waals surface area contributed by atoms with Crippen LogP contribution in [0.25, 0.3) is 5.70 Å². The number of thioether (sulfide) groups is 1. The Labute approximate surface area is 169 Å². The fourth-order valence-corrected chi connectivity index (χ4v) is 4.07. The summed E-state index contributed by atoms with van der Waals surface area (Å²) in [6, 6.07) is 16.2. The summed E-state index contributed by atoms with van der Waals surface area (Å²) in [6.45, 7) is 6.47. The van der Waals surface area contributed by atoms with Crippen LogP contribution in [0, 0.1) is 0 Å². The van der Waals surface area contributed by atoms with E-state index in [-0.39, 0.29) is 12.1 Å².